The third kappa shape index (κ3) is 2.65. The topological polar surface area (TPSA) is 37.0 Å². The van der Waals surface area contributed by atoms with Crippen molar-refractivity contribution in [1.82, 2.24) is 4.98 Å². The van der Waals surface area contributed by atoms with Gasteiger partial charge >= 0.3 is 0 Å². The zero-order valence-electron chi connectivity index (χ0n) is 8.83. The quantitative estimate of drug-likeness (QED) is 0.876. The number of benzene rings is 1. The molecule has 1 aromatic heterocycles. The molecule has 0 aliphatic carbocycles. The molecule has 0 fully saturated rings. The fourth-order valence-electron chi connectivity index (χ4n) is 1.40. The molecule has 0 aliphatic heterocycles. The largest absolute Gasteiger partial charge is 0.386 e. The smallest absolute Gasteiger partial charge is 0.183 e. The highest BCUT2D eigenvalue weighted by Crippen LogP contribution is 2.23. The van der Waals surface area contributed by atoms with Crippen molar-refractivity contribution in [2.45, 2.75) is 6.54 Å². The summed E-state index contributed by atoms with van der Waals surface area (Å²) in [7, 11) is 1.91. The van der Waals surface area contributed by atoms with Crippen LogP contribution < -0.4 is 10.6 Å². The Kier molecular flexibility index (Phi) is 3.64. The van der Waals surface area contributed by atoms with E-state index in [2.05, 4.69) is 15.6 Å². The minimum atomic E-state index is 0.582. The first-order chi connectivity index (χ1) is 7.79. The highest BCUT2D eigenvalue weighted by atomic mass is 35.5. The van der Waals surface area contributed by atoms with E-state index in [-0.39, 0.29) is 0 Å². The Bertz CT molecular complexity index is 470. The maximum Gasteiger partial charge on any atom is 0.183 e. The molecule has 0 spiro atoms. The molecule has 84 valence electrons. The number of aromatic nitrogens is 1. The van der Waals surface area contributed by atoms with Crippen LogP contribution in [0.25, 0.3) is 0 Å². The molecule has 0 saturated heterocycles. The first kappa shape index (κ1) is 11.2. The average Bonchev–Trinajstić information content (AvgIpc) is 2.73. The lowest BCUT2D eigenvalue weighted by atomic mass is 10.2. The van der Waals surface area contributed by atoms with Crippen LogP contribution in [-0.4, -0.2) is 12.0 Å². The Morgan fingerprint density at radius 2 is 2.06 bits per heavy atom. The number of hydrogen-bond donors (Lipinski definition) is 2. The van der Waals surface area contributed by atoms with E-state index in [9.17, 15) is 0 Å². The molecule has 0 radical (unpaired) electrons. The Labute approximate surface area is 103 Å². The molecule has 2 aromatic rings. The van der Waals surface area contributed by atoms with Crippen molar-refractivity contribution < 1.29 is 0 Å². The molecule has 0 amide bonds. The summed E-state index contributed by atoms with van der Waals surface area (Å²) in [6.07, 6.45) is 1.79. The van der Waals surface area contributed by atoms with Crippen molar-refractivity contribution in [2.75, 3.05) is 17.7 Å². The van der Waals surface area contributed by atoms with Gasteiger partial charge in [0.05, 0.1) is 17.9 Å². The van der Waals surface area contributed by atoms with E-state index in [4.69, 9.17) is 11.6 Å². The highest BCUT2D eigenvalue weighted by Gasteiger charge is 2.01. The second-order valence-corrected chi connectivity index (χ2v) is 4.93. The van der Waals surface area contributed by atoms with Crippen molar-refractivity contribution in [2.24, 2.45) is 0 Å². The van der Waals surface area contributed by atoms with Crippen molar-refractivity contribution in [1.29, 1.82) is 0 Å². The minimum Gasteiger partial charge on any atom is -0.386 e. The predicted octanol–water partition coefficient (Wildman–Crippen LogP) is 3.45. The lowest BCUT2D eigenvalue weighted by Gasteiger charge is -2.10. The van der Waals surface area contributed by atoms with E-state index in [1.165, 1.54) is 11.3 Å². The summed E-state index contributed by atoms with van der Waals surface area (Å²) in [5, 5.41) is 6.48. The summed E-state index contributed by atoms with van der Waals surface area (Å²) < 4.78 is 0.582. The molecular weight excluding hydrogens is 242 g/mol. The molecule has 0 aliphatic rings. The molecule has 0 saturated carbocycles. The van der Waals surface area contributed by atoms with Crippen LogP contribution in [0.1, 0.15) is 4.88 Å². The van der Waals surface area contributed by atoms with Crippen LogP contribution in [0.15, 0.2) is 30.5 Å². The summed E-state index contributed by atoms with van der Waals surface area (Å²) >= 11 is 7.26. The molecule has 16 heavy (non-hydrogen) atoms. The van der Waals surface area contributed by atoms with E-state index in [1.54, 1.807) is 6.20 Å². The summed E-state index contributed by atoms with van der Waals surface area (Å²) in [6, 6.07) is 8.07. The number of nitrogens with zero attached hydrogens (tertiary/aromatic N) is 1. The maximum absolute atomic E-state index is 5.77. The predicted molar refractivity (Wildman–Crippen MR) is 70.4 cm³/mol. The van der Waals surface area contributed by atoms with Crippen LogP contribution in [-0.2, 0) is 6.54 Å². The van der Waals surface area contributed by atoms with Gasteiger partial charge in [-0.3, -0.25) is 0 Å². The summed E-state index contributed by atoms with van der Waals surface area (Å²) in [6.45, 7) is 0.739. The molecule has 5 heteroatoms. The number of hydrogen-bond acceptors (Lipinski definition) is 4. The van der Waals surface area contributed by atoms with Crippen molar-refractivity contribution in [3.63, 3.8) is 0 Å². The third-order valence-corrected chi connectivity index (χ3v) is 3.29. The van der Waals surface area contributed by atoms with Gasteiger partial charge in [-0.1, -0.05) is 23.7 Å². The van der Waals surface area contributed by atoms with Crippen LogP contribution in [0, 0.1) is 0 Å². The van der Waals surface area contributed by atoms with Gasteiger partial charge in [-0.15, -0.1) is 11.3 Å². The van der Waals surface area contributed by atoms with E-state index in [1.807, 2.05) is 31.3 Å². The van der Waals surface area contributed by atoms with Crippen molar-refractivity contribution in [3.05, 3.63) is 39.8 Å². The number of halogens is 1. The normalized spacial score (nSPS) is 10.1. The molecule has 0 atom stereocenters. The van der Waals surface area contributed by atoms with Gasteiger partial charge in [-0.25, -0.2) is 4.98 Å². The van der Waals surface area contributed by atoms with Gasteiger partial charge in [-0.05, 0) is 12.1 Å². The van der Waals surface area contributed by atoms with E-state index < -0.39 is 0 Å². The fourth-order valence-corrected chi connectivity index (χ4v) is 2.32. The second kappa shape index (κ2) is 5.18. The molecule has 1 heterocycles. The fraction of sp³-hybridized carbons (Fsp3) is 0.182. The number of thiazole rings is 1. The number of para-hydroxylation sites is 2. The Morgan fingerprint density at radius 1 is 1.31 bits per heavy atom. The van der Waals surface area contributed by atoms with Gasteiger partial charge in [-0.2, -0.15) is 0 Å². The van der Waals surface area contributed by atoms with Crippen LogP contribution in [0.4, 0.5) is 11.4 Å². The third-order valence-electron chi connectivity index (χ3n) is 2.17. The highest BCUT2D eigenvalue weighted by molar-refractivity contribution is 7.15. The lowest BCUT2D eigenvalue weighted by molar-refractivity contribution is 1.17. The van der Waals surface area contributed by atoms with Gasteiger partial charge < -0.3 is 10.6 Å². The van der Waals surface area contributed by atoms with Gasteiger partial charge in [0.25, 0.3) is 0 Å². The first-order valence-electron chi connectivity index (χ1n) is 4.90. The summed E-state index contributed by atoms with van der Waals surface area (Å²) in [4.78, 5) is 5.12. The first-order valence-corrected chi connectivity index (χ1v) is 6.10. The van der Waals surface area contributed by atoms with Crippen LogP contribution in [0.2, 0.25) is 4.47 Å². The van der Waals surface area contributed by atoms with Crippen LogP contribution >= 0.6 is 22.9 Å². The van der Waals surface area contributed by atoms with Gasteiger partial charge in [0.1, 0.15) is 0 Å². The van der Waals surface area contributed by atoms with Crippen LogP contribution in [0.5, 0.6) is 0 Å². The number of rotatable bonds is 4. The Hall–Kier alpha value is -1.26. The van der Waals surface area contributed by atoms with E-state index in [0.29, 0.717) is 4.47 Å². The zero-order chi connectivity index (χ0) is 11.4. The maximum atomic E-state index is 5.77. The molecule has 0 bridgehead atoms. The van der Waals surface area contributed by atoms with Crippen molar-refractivity contribution >= 4 is 34.3 Å². The SMILES string of the molecule is CNc1ccccc1NCc1cnc(Cl)s1. The minimum absolute atomic E-state index is 0.582. The van der Waals surface area contributed by atoms with Gasteiger partial charge in [0.2, 0.25) is 0 Å². The average molecular weight is 254 g/mol. The van der Waals surface area contributed by atoms with E-state index in [0.717, 1.165) is 22.8 Å². The summed E-state index contributed by atoms with van der Waals surface area (Å²) in [5.74, 6) is 0. The van der Waals surface area contributed by atoms with E-state index >= 15 is 0 Å². The lowest BCUT2D eigenvalue weighted by Crippen LogP contribution is -2.01. The zero-order valence-corrected chi connectivity index (χ0v) is 10.4. The molecule has 0 unspecified atom stereocenters. The standard InChI is InChI=1S/C11H12ClN3S/c1-13-9-4-2-3-5-10(9)14-6-8-7-15-11(12)16-8/h2-5,7,13-14H,6H2,1H3. The van der Waals surface area contributed by atoms with Gasteiger partial charge in [0.15, 0.2) is 4.47 Å². The number of anilines is 2. The van der Waals surface area contributed by atoms with Crippen molar-refractivity contribution in [3.8, 4) is 0 Å². The molecule has 2 rings (SSSR count). The Balaban J connectivity index is 2.04. The molecule has 2 N–H and O–H groups in total. The number of nitrogens with one attached hydrogen (secondary N) is 2. The monoisotopic (exact) mass is 253 g/mol. The Morgan fingerprint density at radius 3 is 2.69 bits per heavy atom. The molecule has 3 nitrogen and oxygen atoms in total. The second-order valence-electron chi connectivity index (χ2n) is 3.23. The van der Waals surface area contributed by atoms with Gasteiger partial charge in [0, 0.05) is 18.1 Å². The molecular formula is C11H12ClN3S. The summed E-state index contributed by atoms with van der Waals surface area (Å²) in [5.41, 5.74) is 2.16. The molecule has 1 aromatic carbocycles. The van der Waals surface area contributed by atoms with Crippen LogP contribution in [0.3, 0.4) is 0 Å².